The van der Waals surface area contributed by atoms with Crippen molar-refractivity contribution in [1.82, 2.24) is 5.43 Å². The molecule has 11 nitrogen and oxygen atoms in total. The van der Waals surface area contributed by atoms with Crippen LogP contribution in [-0.2, 0) is 16.0 Å². The van der Waals surface area contributed by atoms with Gasteiger partial charge in [0.25, 0.3) is 5.91 Å². The molecule has 320 valence electrons. The average Bonchev–Trinajstić information content (AvgIpc) is 3.54. The van der Waals surface area contributed by atoms with Crippen LogP contribution in [0.15, 0.2) is 100 Å². The van der Waals surface area contributed by atoms with E-state index >= 15 is 0 Å². The van der Waals surface area contributed by atoms with Crippen LogP contribution in [0.3, 0.4) is 0 Å². The van der Waals surface area contributed by atoms with E-state index < -0.39 is 18.0 Å². The number of methoxy groups -OCH3 is 1. The van der Waals surface area contributed by atoms with Gasteiger partial charge in [0.1, 0.15) is 30.4 Å². The number of amides is 2. The number of hydrogen-bond acceptors (Lipinski definition) is 8. The topological polar surface area (TPSA) is 126 Å². The van der Waals surface area contributed by atoms with E-state index in [-0.39, 0.29) is 34.8 Å². The molecule has 1 atom stereocenters. The molecular formula is C46H55Cl3N6O5. The van der Waals surface area contributed by atoms with Gasteiger partial charge < -0.3 is 14.2 Å². The molecule has 2 amide bonds. The van der Waals surface area contributed by atoms with Gasteiger partial charge in [-0.05, 0) is 91.2 Å². The van der Waals surface area contributed by atoms with E-state index in [0.717, 1.165) is 12.2 Å². The fraction of sp³-hybridized carbons (Fsp3) is 0.413. The van der Waals surface area contributed by atoms with Crippen molar-refractivity contribution < 1.29 is 23.8 Å². The van der Waals surface area contributed by atoms with Crippen LogP contribution in [0.2, 0.25) is 15.1 Å². The highest BCUT2D eigenvalue weighted by molar-refractivity contribution is 6.43. The SMILES string of the molecule is CCCCCCCCCCCCCCCc1cccc(OCCOC(=O)Nc2ccc(N=C3NN(c4c(Cl)cc(Cl)cc4Cl)C(=O)C3N=Nc3ccc(OC)cc3)cc2)c1. The highest BCUT2D eigenvalue weighted by Gasteiger charge is 2.40. The Kier molecular flexibility index (Phi) is 19.3. The van der Waals surface area contributed by atoms with Crippen LogP contribution >= 0.6 is 34.8 Å². The van der Waals surface area contributed by atoms with Gasteiger partial charge in [0.2, 0.25) is 6.04 Å². The molecule has 1 unspecified atom stereocenters. The predicted molar refractivity (Wildman–Crippen MR) is 243 cm³/mol. The van der Waals surface area contributed by atoms with Crippen LogP contribution in [0.25, 0.3) is 0 Å². The largest absolute Gasteiger partial charge is 0.497 e. The lowest BCUT2D eigenvalue weighted by Gasteiger charge is -2.18. The maximum absolute atomic E-state index is 13.7. The minimum absolute atomic E-state index is 0.0744. The Labute approximate surface area is 368 Å². The fourth-order valence-corrected chi connectivity index (χ4v) is 7.68. The number of hydrogen-bond donors (Lipinski definition) is 2. The lowest BCUT2D eigenvalue weighted by atomic mass is 10.0. The van der Waals surface area contributed by atoms with Crippen molar-refractivity contribution in [1.29, 1.82) is 0 Å². The molecule has 0 radical (unpaired) electrons. The third-order valence-electron chi connectivity index (χ3n) is 9.92. The molecule has 2 N–H and O–H groups in total. The summed E-state index contributed by atoms with van der Waals surface area (Å²) in [7, 11) is 1.57. The summed E-state index contributed by atoms with van der Waals surface area (Å²) in [6.45, 7) is 2.56. The zero-order valence-corrected chi connectivity index (χ0v) is 36.7. The summed E-state index contributed by atoms with van der Waals surface area (Å²) in [6.07, 6.45) is 17.8. The molecule has 0 saturated carbocycles. The van der Waals surface area contributed by atoms with Crippen molar-refractivity contribution in [3.05, 3.63) is 106 Å². The molecule has 1 saturated heterocycles. The van der Waals surface area contributed by atoms with Crippen LogP contribution in [-0.4, -0.2) is 44.2 Å². The van der Waals surface area contributed by atoms with Crippen molar-refractivity contribution in [3.63, 3.8) is 0 Å². The number of aliphatic imine (C=N–C) groups is 1. The first-order chi connectivity index (χ1) is 29.2. The van der Waals surface area contributed by atoms with Crippen molar-refractivity contribution in [2.24, 2.45) is 15.2 Å². The van der Waals surface area contributed by atoms with Gasteiger partial charge in [-0.15, -0.1) is 0 Å². The third kappa shape index (κ3) is 15.0. The highest BCUT2D eigenvalue weighted by atomic mass is 35.5. The van der Waals surface area contributed by atoms with E-state index in [1.165, 1.54) is 106 Å². The van der Waals surface area contributed by atoms with E-state index in [9.17, 15) is 9.59 Å². The molecule has 60 heavy (non-hydrogen) atoms. The molecule has 0 aromatic heterocycles. The van der Waals surface area contributed by atoms with Crippen LogP contribution < -0.4 is 25.2 Å². The summed E-state index contributed by atoms with van der Waals surface area (Å²) < 4.78 is 16.4. The first kappa shape index (κ1) is 46.2. The molecule has 14 heteroatoms. The van der Waals surface area contributed by atoms with Gasteiger partial charge >= 0.3 is 6.09 Å². The molecule has 4 aromatic rings. The van der Waals surface area contributed by atoms with Crippen molar-refractivity contribution in [3.8, 4) is 11.5 Å². The number of carbonyl (C=O) groups is 2. The highest BCUT2D eigenvalue weighted by Crippen LogP contribution is 2.38. The average molecular weight is 878 g/mol. The Bertz CT molecular complexity index is 2010. The second-order valence-electron chi connectivity index (χ2n) is 14.6. The number of ether oxygens (including phenoxy) is 3. The summed E-state index contributed by atoms with van der Waals surface area (Å²) in [4.78, 5) is 30.9. The second-order valence-corrected chi connectivity index (χ2v) is 15.9. The summed E-state index contributed by atoms with van der Waals surface area (Å²) in [5, 5.41) is 13.1. The number of aryl methyl sites for hydroxylation is 1. The minimum atomic E-state index is -1.16. The molecule has 1 heterocycles. The van der Waals surface area contributed by atoms with E-state index in [1.807, 2.05) is 12.1 Å². The lowest BCUT2D eigenvalue weighted by Crippen LogP contribution is -2.36. The standard InChI is InChI=1S/C46H55Cl3N6O5/c1-3-4-5-6-7-8-9-10-11-12-13-14-15-17-33-18-16-19-39(30-33)59-28-29-60-46(57)51-36-22-20-35(21-23-36)50-44-42(53-52-37-24-26-38(58-2)27-25-37)45(56)55(54-44)43-40(48)31-34(47)32-41(43)49/h16,18-27,30-32,42H,3-15,17,28-29H2,1-2H3,(H,50,54)(H,51,57). The van der Waals surface area contributed by atoms with Gasteiger partial charge in [-0.2, -0.15) is 10.2 Å². The van der Waals surface area contributed by atoms with Crippen LogP contribution in [0, 0.1) is 0 Å². The summed E-state index contributed by atoms with van der Waals surface area (Å²) >= 11 is 19.0. The van der Waals surface area contributed by atoms with E-state index in [4.69, 9.17) is 49.0 Å². The number of nitrogens with zero attached hydrogens (tertiary/aromatic N) is 4. The number of anilines is 2. The van der Waals surface area contributed by atoms with Gasteiger partial charge in [-0.3, -0.25) is 15.5 Å². The molecule has 0 aliphatic carbocycles. The molecule has 0 bridgehead atoms. The molecule has 0 spiro atoms. The summed E-state index contributed by atoms with van der Waals surface area (Å²) in [5.74, 6) is 1.07. The van der Waals surface area contributed by atoms with E-state index in [1.54, 1.807) is 55.6 Å². The van der Waals surface area contributed by atoms with Crippen molar-refractivity contribution in [2.45, 2.75) is 103 Å². The van der Waals surface area contributed by atoms with Crippen molar-refractivity contribution in [2.75, 3.05) is 30.6 Å². The Balaban J connectivity index is 1.06. The van der Waals surface area contributed by atoms with E-state index in [2.05, 4.69) is 45.0 Å². The van der Waals surface area contributed by atoms with Gasteiger partial charge in [-0.25, -0.2) is 14.8 Å². The zero-order chi connectivity index (χ0) is 42.5. The molecule has 5 rings (SSSR count). The number of unbranched alkanes of at least 4 members (excludes halogenated alkanes) is 12. The van der Waals surface area contributed by atoms with Gasteiger partial charge in [0, 0.05) is 10.7 Å². The number of hydrazine groups is 1. The van der Waals surface area contributed by atoms with Gasteiger partial charge in [0.15, 0.2) is 5.84 Å². The maximum atomic E-state index is 13.7. The molecule has 1 fully saturated rings. The molecule has 1 aliphatic heterocycles. The Hall–Kier alpha value is -4.84. The fourth-order valence-electron chi connectivity index (χ4n) is 6.69. The molecule has 1 aliphatic rings. The Morgan fingerprint density at radius 1 is 0.750 bits per heavy atom. The Morgan fingerprint density at radius 2 is 1.37 bits per heavy atom. The number of halogens is 3. The van der Waals surface area contributed by atoms with Crippen LogP contribution in [0.5, 0.6) is 11.5 Å². The van der Waals surface area contributed by atoms with Crippen molar-refractivity contribution >= 4 is 75.4 Å². The number of rotatable bonds is 24. The first-order valence-corrected chi connectivity index (χ1v) is 22.0. The number of amidine groups is 1. The minimum Gasteiger partial charge on any atom is -0.497 e. The number of benzene rings is 4. The summed E-state index contributed by atoms with van der Waals surface area (Å²) in [5.41, 5.74) is 5.87. The number of nitrogens with one attached hydrogen (secondary N) is 2. The number of azo groups is 1. The smallest absolute Gasteiger partial charge is 0.411 e. The predicted octanol–water partition coefficient (Wildman–Crippen LogP) is 13.7. The zero-order valence-electron chi connectivity index (χ0n) is 34.4. The normalized spacial score (nSPS) is 14.5. The number of carbonyl (C=O) groups excluding carboxylic acids is 2. The second kappa shape index (κ2) is 25.1. The third-order valence-corrected chi connectivity index (χ3v) is 10.7. The van der Waals surface area contributed by atoms with Gasteiger partial charge in [0.05, 0.1) is 28.5 Å². The monoisotopic (exact) mass is 876 g/mol. The van der Waals surface area contributed by atoms with Gasteiger partial charge in [-0.1, -0.05) is 131 Å². The maximum Gasteiger partial charge on any atom is 0.411 e. The first-order valence-electron chi connectivity index (χ1n) is 20.9. The Morgan fingerprint density at radius 3 is 2.00 bits per heavy atom. The quantitative estimate of drug-likeness (QED) is 0.0533. The van der Waals surface area contributed by atoms with Crippen LogP contribution in [0.1, 0.15) is 96.0 Å². The summed E-state index contributed by atoms with van der Waals surface area (Å²) in [6, 6.07) is 23.5. The van der Waals surface area contributed by atoms with E-state index in [0.29, 0.717) is 27.8 Å². The molecule has 4 aromatic carbocycles. The molecular weight excluding hydrogens is 823 g/mol. The van der Waals surface area contributed by atoms with Crippen LogP contribution in [0.4, 0.5) is 27.5 Å². The lowest BCUT2D eigenvalue weighted by molar-refractivity contribution is -0.117.